The highest BCUT2D eigenvalue weighted by atomic mass is 16.5. The van der Waals surface area contributed by atoms with E-state index < -0.39 is 18.3 Å². The zero-order chi connectivity index (χ0) is 11.0. The van der Waals surface area contributed by atoms with Gasteiger partial charge in [-0.1, -0.05) is 13.3 Å². The molecule has 0 spiro atoms. The first-order chi connectivity index (χ1) is 7.16. The van der Waals surface area contributed by atoms with Crippen LogP contribution in [0.3, 0.4) is 0 Å². The van der Waals surface area contributed by atoms with Crippen molar-refractivity contribution in [2.24, 2.45) is 11.8 Å². The minimum absolute atomic E-state index is 0.134. The van der Waals surface area contributed by atoms with E-state index in [1.165, 1.54) is 0 Å². The fourth-order valence-electron chi connectivity index (χ4n) is 2.49. The Morgan fingerprint density at radius 2 is 1.80 bits per heavy atom. The first kappa shape index (κ1) is 11.3. The van der Waals surface area contributed by atoms with Gasteiger partial charge in [0.05, 0.1) is 12.2 Å². The van der Waals surface area contributed by atoms with Crippen LogP contribution in [0.25, 0.3) is 0 Å². The van der Waals surface area contributed by atoms with Gasteiger partial charge in [0.1, 0.15) is 12.2 Å². The van der Waals surface area contributed by atoms with Crippen molar-refractivity contribution in [3.8, 4) is 0 Å². The van der Waals surface area contributed by atoms with Gasteiger partial charge in [0.15, 0.2) is 0 Å². The third-order valence-corrected chi connectivity index (χ3v) is 3.60. The molecule has 3 N–H and O–H groups in total. The molecular formula is C11H20O4. The molecule has 2 rings (SSSR count). The van der Waals surface area contributed by atoms with Crippen molar-refractivity contribution in [3.63, 3.8) is 0 Å². The highest BCUT2D eigenvalue weighted by Crippen LogP contribution is 2.50. The number of rotatable bonds is 4. The van der Waals surface area contributed by atoms with E-state index in [-0.39, 0.29) is 17.9 Å². The number of unbranched alkanes of at least 4 members (excludes halogenated alkanes) is 1. The molecule has 88 valence electrons. The highest BCUT2D eigenvalue weighted by molar-refractivity contribution is 5.07. The average Bonchev–Trinajstić information content (AvgIpc) is 3.00. The van der Waals surface area contributed by atoms with Crippen molar-refractivity contribution in [2.45, 2.75) is 50.6 Å². The topological polar surface area (TPSA) is 69.9 Å². The molecular weight excluding hydrogens is 196 g/mol. The lowest BCUT2D eigenvalue weighted by Gasteiger charge is -2.34. The number of ether oxygens (including phenoxy) is 1. The molecule has 0 unspecified atom stereocenters. The monoisotopic (exact) mass is 216 g/mol. The van der Waals surface area contributed by atoms with Crippen molar-refractivity contribution < 1.29 is 20.1 Å². The quantitative estimate of drug-likeness (QED) is 0.574. The van der Waals surface area contributed by atoms with Crippen LogP contribution >= 0.6 is 0 Å². The van der Waals surface area contributed by atoms with Gasteiger partial charge in [-0.05, 0) is 24.7 Å². The number of hydrogen-bond donors (Lipinski definition) is 3. The summed E-state index contributed by atoms with van der Waals surface area (Å²) in [6, 6.07) is 0. The lowest BCUT2D eigenvalue weighted by atomic mass is 9.89. The number of hydrogen-bond acceptors (Lipinski definition) is 4. The van der Waals surface area contributed by atoms with Crippen LogP contribution in [0.15, 0.2) is 0 Å². The van der Waals surface area contributed by atoms with Crippen LogP contribution < -0.4 is 0 Å². The maximum Gasteiger partial charge on any atom is 0.109 e. The summed E-state index contributed by atoms with van der Waals surface area (Å²) in [7, 11) is 0. The fourth-order valence-corrected chi connectivity index (χ4v) is 2.49. The Bertz CT molecular complexity index is 221. The van der Waals surface area contributed by atoms with Crippen LogP contribution in [0.2, 0.25) is 0 Å². The van der Waals surface area contributed by atoms with E-state index in [0.717, 1.165) is 19.3 Å². The summed E-state index contributed by atoms with van der Waals surface area (Å²) in [6.45, 7) is 2.71. The third kappa shape index (κ3) is 2.04. The van der Waals surface area contributed by atoms with E-state index in [9.17, 15) is 15.3 Å². The van der Waals surface area contributed by atoms with Crippen molar-refractivity contribution in [2.75, 3.05) is 6.61 Å². The van der Waals surface area contributed by atoms with Crippen LogP contribution in [-0.2, 0) is 4.74 Å². The summed E-state index contributed by atoms with van der Waals surface area (Å²) >= 11 is 0. The Kier molecular flexibility index (Phi) is 3.30. The fraction of sp³-hybridized carbons (Fsp3) is 1.00. The lowest BCUT2D eigenvalue weighted by Crippen LogP contribution is -2.51. The van der Waals surface area contributed by atoms with Crippen molar-refractivity contribution in [3.05, 3.63) is 0 Å². The molecule has 0 aromatic carbocycles. The highest BCUT2D eigenvalue weighted by Gasteiger charge is 2.58. The molecule has 15 heavy (non-hydrogen) atoms. The number of aliphatic hydroxyl groups is 3. The van der Waals surface area contributed by atoms with Crippen LogP contribution in [0.4, 0.5) is 0 Å². The predicted molar refractivity (Wildman–Crippen MR) is 54.3 cm³/mol. The van der Waals surface area contributed by atoms with E-state index in [4.69, 9.17) is 4.74 Å². The van der Waals surface area contributed by atoms with Gasteiger partial charge in [-0.2, -0.15) is 0 Å². The Morgan fingerprint density at radius 3 is 2.47 bits per heavy atom. The molecule has 0 saturated heterocycles. The minimum Gasteiger partial charge on any atom is -0.390 e. The summed E-state index contributed by atoms with van der Waals surface area (Å²) in [4.78, 5) is 0. The van der Waals surface area contributed by atoms with E-state index in [1.807, 2.05) is 0 Å². The van der Waals surface area contributed by atoms with Gasteiger partial charge in [0, 0.05) is 6.61 Å². The Balaban J connectivity index is 1.89. The van der Waals surface area contributed by atoms with E-state index in [1.54, 1.807) is 0 Å². The first-order valence-corrected chi connectivity index (χ1v) is 5.82. The van der Waals surface area contributed by atoms with Gasteiger partial charge < -0.3 is 20.1 Å². The lowest BCUT2D eigenvalue weighted by molar-refractivity contribution is -0.157. The second-order valence-corrected chi connectivity index (χ2v) is 4.72. The Hall–Kier alpha value is -0.160. The third-order valence-electron chi connectivity index (χ3n) is 3.60. The molecule has 0 radical (unpaired) electrons. The van der Waals surface area contributed by atoms with Crippen molar-refractivity contribution in [1.82, 2.24) is 0 Å². The molecule has 6 atom stereocenters. The molecule has 2 fully saturated rings. The molecule has 0 aromatic heterocycles. The largest absolute Gasteiger partial charge is 0.390 e. The predicted octanol–water partition coefficient (Wildman–Crippen LogP) is -0.0959. The van der Waals surface area contributed by atoms with E-state index in [0.29, 0.717) is 6.61 Å². The standard InChI is InChI=1S/C11H20O4/c1-2-3-4-15-11-7-5-6(7)8(12)9(13)10(11)14/h6-14H,2-5H2,1H3/t6-,7+,8-,9+,10-,11-/m0/s1. The normalized spacial score (nSPS) is 48.8. The summed E-state index contributed by atoms with van der Waals surface area (Å²) < 4.78 is 5.59. The first-order valence-electron chi connectivity index (χ1n) is 5.82. The molecule has 0 amide bonds. The average molecular weight is 216 g/mol. The molecule has 0 bridgehead atoms. The van der Waals surface area contributed by atoms with E-state index >= 15 is 0 Å². The second kappa shape index (κ2) is 4.37. The zero-order valence-electron chi connectivity index (χ0n) is 9.04. The summed E-state index contributed by atoms with van der Waals surface area (Å²) in [5, 5.41) is 28.9. The molecule has 4 heteroatoms. The molecule has 0 aromatic rings. The van der Waals surface area contributed by atoms with Gasteiger partial charge in [-0.15, -0.1) is 0 Å². The maximum atomic E-state index is 9.77. The van der Waals surface area contributed by atoms with Crippen LogP contribution in [-0.4, -0.2) is 46.3 Å². The molecule has 2 aliphatic carbocycles. The van der Waals surface area contributed by atoms with Gasteiger partial charge in [0.25, 0.3) is 0 Å². The van der Waals surface area contributed by atoms with Gasteiger partial charge in [0.2, 0.25) is 0 Å². The minimum atomic E-state index is -1.04. The van der Waals surface area contributed by atoms with Crippen LogP contribution in [0.5, 0.6) is 0 Å². The summed E-state index contributed by atoms with van der Waals surface area (Å²) in [6.07, 6.45) is -0.120. The van der Waals surface area contributed by atoms with Gasteiger partial charge >= 0.3 is 0 Å². The number of fused-ring (bicyclic) bond motifs is 1. The molecule has 4 nitrogen and oxygen atoms in total. The Morgan fingerprint density at radius 1 is 1.07 bits per heavy atom. The summed E-state index contributed by atoms with van der Waals surface area (Å²) in [5.41, 5.74) is 0. The molecule has 2 saturated carbocycles. The van der Waals surface area contributed by atoms with Gasteiger partial charge in [-0.3, -0.25) is 0 Å². The van der Waals surface area contributed by atoms with Crippen molar-refractivity contribution in [1.29, 1.82) is 0 Å². The smallest absolute Gasteiger partial charge is 0.109 e. The second-order valence-electron chi connectivity index (χ2n) is 4.72. The maximum absolute atomic E-state index is 9.77. The van der Waals surface area contributed by atoms with Crippen LogP contribution in [0.1, 0.15) is 26.2 Å². The zero-order valence-corrected chi connectivity index (χ0v) is 9.04. The molecule has 2 aliphatic rings. The van der Waals surface area contributed by atoms with E-state index in [2.05, 4.69) is 6.92 Å². The molecule has 0 aliphatic heterocycles. The van der Waals surface area contributed by atoms with Crippen molar-refractivity contribution >= 4 is 0 Å². The SMILES string of the molecule is CCCCO[C@@H]1[C@@H](O)[C@H](O)[C@@H](O)[C@H]2C[C@H]21. The number of aliphatic hydroxyl groups excluding tert-OH is 3. The Labute approximate surface area is 89.9 Å². The van der Waals surface area contributed by atoms with Gasteiger partial charge in [-0.25, -0.2) is 0 Å². The molecule has 0 heterocycles. The van der Waals surface area contributed by atoms with Crippen LogP contribution in [0, 0.1) is 11.8 Å². The summed E-state index contributed by atoms with van der Waals surface area (Å²) in [5.74, 6) is 0.380.